The fraction of sp³-hybridized carbons (Fsp3) is 0.562. The molecule has 1 fully saturated rings. The Kier molecular flexibility index (Phi) is 5.73. The van der Waals surface area contributed by atoms with Crippen LogP contribution in [0.3, 0.4) is 0 Å². The molecule has 2 N–H and O–H groups in total. The van der Waals surface area contributed by atoms with Crippen LogP contribution >= 0.6 is 0 Å². The van der Waals surface area contributed by atoms with Crippen molar-refractivity contribution in [1.29, 1.82) is 0 Å². The normalized spacial score (nSPS) is 17.8. The molecule has 8 heteroatoms. The first-order chi connectivity index (χ1) is 11.8. The fourth-order valence-electron chi connectivity index (χ4n) is 3.01. The first kappa shape index (κ1) is 16.8. The van der Waals surface area contributed by atoms with Crippen LogP contribution in [0.25, 0.3) is 5.69 Å². The zero-order chi connectivity index (χ0) is 16.8. The minimum atomic E-state index is -0.426. The fourth-order valence-corrected chi connectivity index (χ4v) is 3.01. The smallest absolute Gasteiger partial charge is 0.247 e. The number of hydrogen-bond donors (Lipinski definition) is 2. The predicted molar refractivity (Wildman–Crippen MR) is 90.1 cm³/mol. The van der Waals surface area contributed by atoms with Crippen molar-refractivity contribution in [3.8, 4) is 5.69 Å². The number of anilines is 1. The molecule has 1 unspecified atom stereocenters. The minimum Gasteiger partial charge on any atom is -0.389 e. The van der Waals surface area contributed by atoms with Crippen LogP contribution in [-0.4, -0.2) is 75.7 Å². The van der Waals surface area contributed by atoms with Gasteiger partial charge in [-0.2, -0.15) is 4.68 Å². The van der Waals surface area contributed by atoms with Crippen molar-refractivity contribution in [3.63, 3.8) is 0 Å². The van der Waals surface area contributed by atoms with Crippen LogP contribution in [0.15, 0.2) is 30.3 Å². The molecule has 1 aliphatic rings. The van der Waals surface area contributed by atoms with Crippen molar-refractivity contribution in [2.75, 3.05) is 38.7 Å². The number of piperidine rings is 1. The zero-order valence-corrected chi connectivity index (χ0v) is 13.9. The lowest BCUT2D eigenvalue weighted by molar-refractivity contribution is 0.0327. The van der Waals surface area contributed by atoms with E-state index in [0.29, 0.717) is 25.1 Å². The lowest BCUT2D eigenvalue weighted by Gasteiger charge is -2.33. The second-order valence-corrected chi connectivity index (χ2v) is 6.08. The van der Waals surface area contributed by atoms with Gasteiger partial charge in [-0.1, -0.05) is 23.3 Å². The van der Waals surface area contributed by atoms with Crippen LogP contribution in [0.4, 0.5) is 5.95 Å². The Balaban J connectivity index is 1.53. The summed E-state index contributed by atoms with van der Waals surface area (Å²) in [7, 11) is 1.61. The molecule has 0 spiro atoms. The van der Waals surface area contributed by atoms with Gasteiger partial charge in [-0.05, 0) is 35.4 Å². The van der Waals surface area contributed by atoms with E-state index in [4.69, 9.17) is 4.74 Å². The van der Waals surface area contributed by atoms with Gasteiger partial charge in [-0.25, -0.2) is 0 Å². The number of aliphatic hydroxyl groups excluding tert-OH is 1. The molecule has 1 aromatic carbocycles. The van der Waals surface area contributed by atoms with Gasteiger partial charge in [-0.15, -0.1) is 0 Å². The average molecular weight is 332 g/mol. The van der Waals surface area contributed by atoms with Crippen molar-refractivity contribution in [2.24, 2.45) is 0 Å². The van der Waals surface area contributed by atoms with Crippen molar-refractivity contribution in [2.45, 2.75) is 25.0 Å². The lowest BCUT2D eigenvalue weighted by atomic mass is 10.0. The molecule has 24 heavy (non-hydrogen) atoms. The van der Waals surface area contributed by atoms with Gasteiger partial charge in [0.15, 0.2) is 0 Å². The van der Waals surface area contributed by atoms with Crippen LogP contribution < -0.4 is 5.32 Å². The van der Waals surface area contributed by atoms with Gasteiger partial charge < -0.3 is 20.1 Å². The van der Waals surface area contributed by atoms with Gasteiger partial charge in [0, 0.05) is 32.8 Å². The number of tetrazole rings is 1. The molecule has 0 bridgehead atoms. The molecule has 0 saturated carbocycles. The second-order valence-electron chi connectivity index (χ2n) is 6.08. The summed E-state index contributed by atoms with van der Waals surface area (Å²) in [6.07, 6.45) is 1.55. The van der Waals surface area contributed by atoms with Crippen molar-refractivity contribution < 1.29 is 9.84 Å². The number of ether oxygens (including phenoxy) is 1. The monoisotopic (exact) mass is 332 g/mol. The number of aliphatic hydroxyl groups is 1. The first-order valence-corrected chi connectivity index (χ1v) is 8.26. The lowest BCUT2D eigenvalue weighted by Crippen LogP contribution is -2.43. The molecular formula is C16H24N6O2. The van der Waals surface area contributed by atoms with Crippen LogP contribution in [0.5, 0.6) is 0 Å². The van der Waals surface area contributed by atoms with E-state index in [0.717, 1.165) is 31.6 Å². The Morgan fingerprint density at radius 2 is 2.04 bits per heavy atom. The topological polar surface area (TPSA) is 88.3 Å². The molecule has 130 valence electrons. The molecule has 0 radical (unpaired) electrons. The highest BCUT2D eigenvalue weighted by atomic mass is 16.5. The number of hydrogen-bond acceptors (Lipinski definition) is 7. The van der Waals surface area contributed by atoms with E-state index < -0.39 is 6.10 Å². The molecule has 3 rings (SSSR count). The van der Waals surface area contributed by atoms with E-state index >= 15 is 0 Å². The largest absolute Gasteiger partial charge is 0.389 e. The van der Waals surface area contributed by atoms with Crippen molar-refractivity contribution >= 4 is 5.95 Å². The Hall–Kier alpha value is -2.03. The zero-order valence-electron chi connectivity index (χ0n) is 13.9. The summed E-state index contributed by atoms with van der Waals surface area (Å²) in [6.45, 7) is 2.91. The van der Waals surface area contributed by atoms with Crippen molar-refractivity contribution in [1.82, 2.24) is 25.1 Å². The van der Waals surface area contributed by atoms with E-state index in [9.17, 15) is 5.11 Å². The van der Waals surface area contributed by atoms with Crippen LogP contribution in [0.1, 0.15) is 12.8 Å². The van der Waals surface area contributed by atoms with Crippen LogP contribution in [-0.2, 0) is 4.74 Å². The maximum absolute atomic E-state index is 9.83. The number of likely N-dealkylation sites (tertiary alicyclic amines) is 1. The maximum Gasteiger partial charge on any atom is 0.247 e. The van der Waals surface area contributed by atoms with E-state index in [2.05, 4.69) is 25.7 Å². The van der Waals surface area contributed by atoms with Gasteiger partial charge in [-0.3, -0.25) is 0 Å². The Morgan fingerprint density at radius 3 is 2.75 bits per heavy atom. The van der Waals surface area contributed by atoms with E-state index in [-0.39, 0.29) is 0 Å². The van der Waals surface area contributed by atoms with Crippen LogP contribution in [0.2, 0.25) is 0 Å². The molecular weight excluding hydrogens is 308 g/mol. The van der Waals surface area contributed by atoms with Gasteiger partial charge in [0.05, 0.1) is 18.4 Å². The second kappa shape index (κ2) is 8.18. The summed E-state index contributed by atoms with van der Waals surface area (Å²) in [5.41, 5.74) is 0.935. The quantitative estimate of drug-likeness (QED) is 0.765. The van der Waals surface area contributed by atoms with Crippen molar-refractivity contribution in [3.05, 3.63) is 30.3 Å². The molecule has 2 heterocycles. The highest BCUT2D eigenvalue weighted by molar-refractivity contribution is 5.38. The van der Waals surface area contributed by atoms with Crippen LogP contribution in [0, 0.1) is 0 Å². The van der Waals surface area contributed by atoms with Gasteiger partial charge >= 0.3 is 0 Å². The van der Waals surface area contributed by atoms with Gasteiger partial charge in [0.2, 0.25) is 5.95 Å². The number of benzene rings is 1. The van der Waals surface area contributed by atoms with Gasteiger partial charge in [0.1, 0.15) is 0 Å². The number of para-hydroxylation sites is 1. The summed E-state index contributed by atoms with van der Waals surface area (Å²) >= 11 is 0. The summed E-state index contributed by atoms with van der Waals surface area (Å²) in [4.78, 5) is 2.27. The van der Waals surface area contributed by atoms with E-state index in [1.807, 2.05) is 30.3 Å². The number of methoxy groups -OCH3 is 1. The molecule has 2 aromatic rings. The standard InChI is InChI=1S/C16H24N6O2/c1-24-12-15(23)11-21-9-7-13(8-10-21)17-16-18-19-20-22(16)14-5-3-2-4-6-14/h2-6,13,15,23H,7-12H2,1H3,(H,17,18,20). The van der Waals surface area contributed by atoms with Gasteiger partial charge in [0.25, 0.3) is 0 Å². The highest BCUT2D eigenvalue weighted by Crippen LogP contribution is 2.17. The SMILES string of the molecule is COCC(O)CN1CCC(Nc2nnnn2-c2ccccc2)CC1. The summed E-state index contributed by atoms with van der Waals surface area (Å²) in [6, 6.07) is 10.2. The number of aromatic nitrogens is 4. The maximum atomic E-state index is 9.83. The summed E-state index contributed by atoms with van der Waals surface area (Å²) < 4.78 is 6.69. The molecule has 1 aliphatic heterocycles. The molecule has 0 amide bonds. The Labute approximate surface area is 141 Å². The first-order valence-electron chi connectivity index (χ1n) is 8.26. The third-order valence-electron chi connectivity index (χ3n) is 4.22. The molecule has 8 nitrogen and oxygen atoms in total. The number of nitrogens with one attached hydrogen (secondary N) is 1. The Morgan fingerprint density at radius 1 is 1.29 bits per heavy atom. The third-order valence-corrected chi connectivity index (χ3v) is 4.22. The number of rotatable bonds is 7. The average Bonchev–Trinajstić information content (AvgIpc) is 3.06. The highest BCUT2D eigenvalue weighted by Gasteiger charge is 2.22. The molecule has 1 aromatic heterocycles. The number of β-amino-alcohol motifs (C(OH)–C–C–N with tert-alkyl or cyclic N) is 1. The third kappa shape index (κ3) is 4.28. The summed E-state index contributed by atoms with van der Waals surface area (Å²) in [5.74, 6) is 0.666. The minimum absolute atomic E-state index is 0.328. The molecule has 0 aliphatic carbocycles. The van der Waals surface area contributed by atoms with E-state index in [1.54, 1.807) is 11.8 Å². The molecule has 1 atom stereocenters. The Bertz CT molecular complexity index is 612. The number of nitrogens with zero attached hydrogens (tertiary/aromatic N) is 5. The predicted octanol–water partition coefficient (Wildman–Crippen LogP) is 0.546. The van der Waals surface area contributed by atoms with E-state index in [1.165, 1.54) is 0 Å². The summed E-state index contributed by atoms with van der Waals surface area (Å²) in [5, 5.41) is 25.2. The molecule has 1 saturated heterocycles.